The number of hydrogen-bond acceptors (Lipinski definition) is 3. The highest BCUT2D eigenvalue weighted by Crippen LogP contribution is 2.12. The zero-order chi connectivity index (χ0) is 17.4. The van der Waals surface area contributed by atoms with Crippen LogP contribution < -0.4 is 5.32 Å². The molecular weight excluding hydrogens is 326 g/mol. The number of halogens is 1. The Labute approximate surface area is 149 Å². The van der Waals surface area contributed by atoms with Gasteiger partial charge in [-0.25, -0.2) is 0 Å². The van der Waals surface area contributed by atoms with Gasteiger partial charge in [-0.2, -0.15) is 0 Å². The highest BCUT2D eigenvalue weighted by atomic mass is 35.5. The van der Waals surface area contributed by atoms with Crippen LogP contribution in [0, 0.1) is 0 Å². The molecule has 0 spiro atoms. The van der Waals surface area contributed by atoms with E-state index >= 15 is 0 Å². The van der Waals surface area contributed by atoms with Gasteiger partial charge in [0, 0.05) is 44.2 Å². The van der Waals surface area contributed by atoms with E-state index in [-0.39, 0.29) is 11.8 Å². The fourth-order valence-corrected chi connectivity index (χ4v) is 2.99. The fourth-order valence-electron chi connectivity index (χ4n) is 2.86. The largest absolute Gasteiger partial charge is 0.355 e. The molecule has 1 aliphatic heterocycles. The summed E-state index contributed by atoms with van der Waals surface area (Å²) >= 11 is 5.87. The predicted octanol–water partition coefficient (Wildman–Crippen LogP) is 1.94. The normalized spacial score (nSPS) is 15.3. The molecule has 2 amide bonds. The Morgan fingerprint density at radius 3 is 2.42 bits per heavy atom. The number of nitrogens with zero attached hydrogens (tertiary/aromatic N) is 2. The monoisotopic (exact) mass is 351 g/mol. The third-order valence-corrected chi connectivity index (χ3v) is 4.49. The van der Waals surface area contributed by atoms with Gasteiger partial charge in [-0.1, -0.05) is 23.7 Å². The maximum atomic E-state index is 12.3. The zero-order valence-electron chi connectivity index (χ0n) is 14.3. The molecule has 2 rings (SSSR count). The molecule has 1 aliphatic rings. The number of carbonyl (C=O) groups is 2. The molecule has 0 aromatic heterocycles. The Balaban J connectivity index is 1.65. The van der Waals surface area contributed by atoms with Crippen LogP contribution in [0.15, 0.2) is 24.3 Å². The van der Waals surface area contributed by atoms with E-state index in [1.165, 1.54) is 5.56 Å². The summed E-state index contributed by atoms with van der Waals surface area (Å²) in [7, 11) is 0. The minimum atomic E-state index is 0.0558. The van der Waals surface area contributed by atoms with Crippen molar-refractivity contribution >= 4 is 23.4 Å². The smallest absolute Gasteiger partial charge is 0.234 e. The summed E-state index contributed by atoms with van der Waals surface area (Å²) in [5, 5.41) is 3.54. The van der Waals surface area contributed by atoms with Gasteiger partial charge in [-0.3, -0.25) is 14.5 Å². The van der Waals surface area contributed by atoms with Crippen molar-refractivity contribution in [2.75, 3.05) is 39.3 Å². The first-order chi connectivity index (χ1) is 11.6. The van der Waals surface area contributed by atoms with Crippen LogP contribution in [0.3, 0.4) is 0 Å². The van der Waals surface area contributed by atoms with Gasteiger partial charge < -0.3 is 10.2 Å². The van der Waals surface area contributed by atoms with Gasteiger partial charge >= 0.3 is 0 Å². The topological polar surface area (TPSA) is 52.7 Å². The highest BCUT2D eigenvalue weighted by molar-refractivity contribution is 6.30. The van der Waals surface area contributed by atoms with Crippen molar-refractivity contribution in [3.05, 3.63) is 34.9 Å². The van der Waals surface area contributed by atoms with Crippen LogP contribution in [0.4, 0.5) is 0 Å². The summed E-state index contributed by atoms with van der Waals surface area (Å²) in [5.74, 6) is 0.266. The zero-order valence-corrected chi connectivity index (χ0v) is 15.0. The molecule has 132 valence electrons. The van der Waals surface area contributed by atoms with Crippen LogP contribution in [-0.2, 0) is 16.0 Å². The van der Waals surface area contributed by atoms with Crippen LogP contribution in [-0.4, -0.2) is 60.9 Å². The lowest BCUT2D eigenvalue weighted by Crippen LogP contribution is -2.51. The highest BCUT2D eigenvalue weighted by Gasteiger charge is 2.21. The number of nitrogens with one attached hydrogen (secondary N) is 1. The van der Waals surface area contributed by atoms with Gasteiger partial charge in [0.25, 0.3) is 0 Å². The Morgan fingerprint density at radius 1 is 1.12 bits per heavy atom. The number of carbonyl (C=O) groups excluding carboxylic acids is 2. The maximum Gasteiger partial charge on any atom is 0.234 e. The van der Waals surface area contributed by atoms with Gasteiger partial charge in [0.1, 0.15) is 0 Å². The number of hydrogen-bond donors (Lipinski definition) is 1. The lowest BCUT2D eigenvalue weighted by molar-refractivity contribution is -0.133. The third kappa shape index (κ3) is 6.13. The van der Waals surface area contributed by atoms with E-state index in [2.05, 4.69) is 10.2 Å². The average Bonchev–Trinajstić information content (AvgIpc) is 2.57. The molecule has 0 bridgehead atoms. The lowest BCUT2D eigenvalue weighted by Gasteiger charge is -2.34. The third-order valence-electron chi connectivity index (χ3n) is 4.24. The molecule has 0 aliphatic carbocycles. The molecule has 0 saturated carbocycles. The van der Waals surface area contributed by atoms with E-state index in [1.54, 1.807) is 0 Å². The van der Waals surface area contributed by atoms with E-state index in [1.807, 2.05) is 36.1 Å². The molecule has 1 saturated heterocycles. The van der Waals surface area contributed by atoms with Crippen molar-refractivity contribution in [3.63, 3.8) is 0 Å². The minimum Gasteiger partial charge on any atom is -0.355 e. The van der Waals surface area contributed by atoms with Crippen LogP contribution >= 0.6 is 11.6 Å². The van der Waals surface area contributed by atoms with Crippen LogP contribution in [0.1, 0.15) is 25.3 Å². The Bertz CT molecular complexity index is 540. The standard InChI is InChI=1S/C18H26ClN3O2/c1-2-20-17(23)14-21-10-12-22(13-11-21)18(24)5-3-4-15-6-8-16(19)9-7-15/h6-9H,2-5,10-14H2,1H3,(H,20,23). The average molecular weight is 352 g/mol. The van der Waals surface area contributed by atoms with Crippen molar-refractivity contribution in [1.29, 1.82) is 0 Å². The summed E-state index contributed by atoms with van der Waals surface area (Å²) in [5.41, 5.74) is 1.21. The van der Waals surface area contributed by atoms with E-state index < -0.39 is 0 Å². The number of piperazine rings is 1. The molecule has 1 aromatic rings. The van der Waals surface area contributed by atoms with Crippen molar-refractivity contribution in [3.8, 4) is 0 Å². The van der Waals surface area contributed by atoms with Crippen LogP contribution in [0.2, 0.25) is 5.02 Å². The van der Waals surface area contributed by atoms with Gasteiger partial charge in [0.2, 0.25) is 11.8 Å². The molecule has 0 atom stereocenters. The van der Waals surface area contributed by atoms with E-state index in [0.717, 1.165) is 31.0 Å². The van der Waals surface area contributed by atoms with Gasteiger partial charge in [0.05, 0.1) is 6.54 Å². The first-order valence-corrected chi connectivity index (χ1v) is 8.97. The number of amides is 2. The maximum absolute atomic E-state index is 12.3. The van der Waals surface area contributed by atoms with E-state index in [9.17, 15) is 9.59 Å². The molecule has 1 heterocycles. The number of benzene rings is 1. The summed E-state index contributed by atoms with van der Waals surface area (Å²) in [6.45, 7) is 5.94. The number of rotatable bonds is 7. The van der Waals surface area contributed by atoms with E-state index in [0.29, 0.717) is 32.6 Å². The van der Waals surface area contributed by atoms with Crippen molar-refractivity contribution in [1.82, 2.24) is 15.1 Å². The van der Waals surface area contributed by atoms with Gasteiger partial charge in [0.15, 0.2) is 0 Å². The van der Waals surface area contributed by atoms with Crippen molar-refractivity contribution in [2.45, 2.75) is 26.2 Å². The quantitative estimate of drug-likeness (QED) is 0.816. The second kappa shape index (κ2) is 9.64. The Kier molecular flexibility index (Phi) is 7.53. The number of likely N-dealkylation sites (N-methyl/N-ethyl adjacent to an activating group) is 1. The molecule has 6 heteroatoms. The van der Waals surface area contributed by atoms with Crippen molar-refractivity contribution in [2.24, 2.45) is 0 Å². The second-order valence-electron chi connectivity index (χ2n) is 6.09. The van der Waals surface area contributed by atoms with Crippen LogP contribution in [0.25, 0.3) is 0 Å². The molecule has 5 nitrogen and oxygen atoms in total. The molecule has 1 aromatic carbocycles. The van der Waals surface area contributed by atoms with Gasteiger partial charge in [-0.15, -0.1) is 0 Å². The minimum absolute atomic E-state index is 0.0558. The summed E-state index contributed by atoms with van der Waals surface area (Å²) < 4.78 is 0. The lowest BCUT2D eigenvalue weighted by atomic mass is 10.1. The number of aryl methyl sites for hydroxylation is 1. The molecular formula is C18H26ClN3O2. The first kappa shape index (κ1) is 18.7. The first-order valence-electron chi connectivity index (χ1n) is 8.59. The molecule has 0 radical (unpaired) electrons. The molecule has 1 fully saturated rings. The van der Waals surface area contributed by atoms with Gasteiger partial charge in [-0.05, 0) is 37.5 Å². The second-order valence-corrected chi connectivity index (χ2v) is 6.53. The Morgan fingerprint density at radius 2 is 1.79 bits per heavy atom. The fraction of sp³-hybridized carbons (Fsp3) is 0.556. The van der Waals surface area contributed by atoms with Crippen molar-refractivity contribution < 1.29 is 9.59 Å². The van der Waals surface area contributed by atoms with E-state index in [4.69, 9.17) is 11.6 Å². The summed E-state index contributed by atoms with van der Waals surface area (Å²) in [6, 6.07) is 7.78. The summed E-state index contributed by atoms with van der Waals surface area (Å²) in [4.78, 5) is 27.9. The molecule has 24 heavy (non-hydrogen) atoms. The SMILES string of the molecule is CCNC(=O)CN1CCN(C(=O)CCCc2ccc(Cl)cc2)CC1. The Hall–Kier alpha value is -1.59. The predicted molar refractivity (Wildman–Crippen MR) is 96.1 cm³/mol. The molecule has 1 N–H and O–H groups in total. The summed E-state index contributed by atoms with van der Waals surface area (Å²) in [6.07, 6.45) is 2.30. The van der Waals surface area contributed by atoms with Crippen LogP contribution in [0.5, 0.6) is 0 Å². The molecule has 0 unspecified atom stereocenters.